The molecule has 3 unspecified atom stereocenters. The standard InChI is InChI=1S/C27H38N10O9S2/c1-15-21(24(39)37(15)48(42,43)44)33-23(38)22(19-14-47-26(30)32-19)34-46-20(25(40)41)13-45-18-5-4-16-11-36(12-17(16)10-18)27(31)35(8-2-6-28)9-3-7-29/h4-5,10,14-15,20-21,31H,2-3,6-9,11-13,28-29H2,1H3,(H2,30,32)(H,33,38)(H,40,41)(H,42,43,44)/b31-27?,34-22-. The number of benzene rings is 1. The van der Waals surface area contributed by atoms with E-state index in [2.05, 4.69) is 15.5 Å². The lowest BCUT2D eigenvalue weighted by atomic mass is 10.0. The number of nitrogens with zero attached hydrogens (tertiary/aromatic N) is 5. The summed E-state index contributed by atoms with van der Waals surface area (Å²) >= 11 is 0.954. The number of amides is 2. The molecule has 0 bridgehead atoms. The van der Waals surface area contributed by atoms with Gasteiger partial charge < -0.3 is 47.0 Å². The van der Waals surface area contributed by atoms with Gasteiger partial charge in [-0.3, -0.25) is 19.6 Å². The molecule has 3 heterocycles. The lowest BCUT2D eigenvalue weighted by molar-refractivity contribution is -0.152. The van der Waals surface area contributed by atoms with E-state index < -0.39 is 58.6 Å². The summed E-state index contributed by atoms with van der Waals surface area (Å²) in [5.41, 5.74) is 18.3. The van der Waals surface area contributed by atoms with E-state index in [1.165, 1.54) is 12.3 Å². The van der Waals surface area contributed by atoms with Crippen molar-refractivity contribution < 1.29 is 42.0 Å². The second kappa shape index (κ2) is 15.6. The van der Waals surface area contributed by atoms with E-state index in [1.54, 1.807) is 12.1 Å². The normalized spacial score (nSPS) is 18.2. The number of hydrogen-bond donors (Lipinski definition) is 7. The predicted molar refractivity (Wildman–Crippen MR) is 173 cm³/mol. The number of ether oxygens (including phenoxy) is 1. The molecule has 2 aliphatic rings. The molecule has 19 nitrogen and oxygen atoms in total. The Morgan fingerprint density at radius 3 is 2.46 bits per heavy atom. The summed E-state index contributed by atoms with van der Waals surface area (Å²) in [5.74, 6) is -2.88. The van der Waals surface area contributed by atoms with Gasteiger partial charge in [0.1, 0.15) is 24.1 Å². The molecule has 262 valence electrons. The Balaban J connectivity index is 1.42. The second-order valence-electron chi connectivity index (χ2n) is 10.9. The highest BCUT2D eigenvalue weighted by Gasteiger charge is 2.51. The molecule has 0 spiro atoms. The van der Waals surface area contributed by atoms with E-state index >= 15 is 0 Å². The van der Waals surface area contributed by atoms with Crippen LogP contribution in [0.4, 0.5) is 5.13 Å². The van der Waals surface area contributed by atoms with E-state index in [9.17, 15) is 32.5 Å². The van der Waals surface area contributed by atoms with Crippen LogP contribution in [0.15, 0.2) is 28.7 Å². The SMILES string of the molecule is CC1C(NC(=O)/C(=N\OC(COc2ccc3c(c2)CN(C(=N)N(CCCN)CCCN)C3)C(=O)O)c2csc(N)n2)C(=O)N1S(=O)(=O)O. The molecule has 2 amide bonds. The highest BCUT2D eigenvalue weighted by molar-refractivity contribution is 7.84. The van der Waals surface area contributed by atoms with E-state index in [1.807, 2.05) is 15.9 Å². The Labute approximate surface area is 280 Å². The Kier molecular flexibility index (Phi) is 11.8. The number of carbonyl (C=O) groups is 3. The third-order valence-corrected chi connectivity index (χ3v) is 9.25. The molecule has 48 heavy (non-hydrogen) atoms. The Morgan fingerprint density at radius 1 is 1.23 bits per heavy atom. The zero-order valence-electron chi connectivity index (χ0n) is 25.9. The van der Waals surface area contributed by atoms with Crippen LogP contribution in [0, 0.1) is 5.41 Å². The number of nitrogens with two attached hydrogens (primary N) is 3. The minimum Gasteiger partial charge on any atom is -0.489 e. The number of β-lactam (4-membered cyclic amide) rings is 1. The van der Waals surface area contributed by atoms with Crippen LogP contribution in [-0.2, 0) is 42.6 Å². The van der Waals surface area contributed by atoms with Gasteiger partial charge in [0, 0.05) is 31.6 Å². The van der Waals surface area contributed by atoms with Crippen molar-refractivity contribution in [1.82, 2.24) is 24.4 Å². The fourth-order valence-corrected chi connectivity index (χ4v) is 6.48. The summed E-state index contributed by atoms with van der Waals surface area (Å²) in [4.78, 5) is 50.4. The average molecular weight is 711 g/mol. The fraction of sp³-hybridized carbons (Fsp3) is 0.481. The first-order chi connectivity index (χ1) is 22.7. The fourth-order valence-electron chi connectivity index (χ4n) is 5.05. The Hall–Kier alpha value is -4.57. The lowest BCUT2D eigenvalue weighted by Crippen LogP contribution is -2.71. The second-order valence-corrected chi connectivity index (χ2v) is 13.1. The first-order valence-corrected chi connectivity index (χ1v) is 17.1. The summed E-state index contributed by atoms with van der Waals surface area (Å²) < 4.78 is 37.9. The summed E-state index contributed by atoms with van der Waals surface area (Å²) in [5, 5.41) is 25.9. The monoisotopic (exact) mass is 710 g/mol. The van der Waals surface area contributed by atoms with E-state index in [-0.39, 0.29) is 15.1 Å². The number of nitrogen functional groups attached to an aromatic ring is 1. The molecule has 1 aromatic heterocycles. The molecular formula is C27H38N10O9S2. The number of rotatable bonds is 16. The van der Waals surface area contributed by atoms with Crippen LogP contribution in [-0.4, -0.2) is 118 Å². The quantitative estimate of drug-likeness (QED) is 0.0352. The third kappa shape index (κ3) is 8.47. The number of aliphatic carboxylic acids is 1. The number of carbonyl (C=O) groups excluding carboxylic acids is 2. The van der Waals surface area contributed by atoms with Gasteiger partial charge in [-0.2, -0.15) is 8.42 Å². The molecular weight excluding hydrogens is 672 g/mol. The summed E-state index contributed by atoms with van der Waals surface area (Å²) in [6, 6.07) is 2.79. The molecule has 2 aromatic rings. The lowest BCUT2D eigenvalue weighted by Gasteiger charge is -2.42. The number of guanidine groups is 1. The molecule has 1 saturated heterocycles. The van der Waals surface area contributed by atoms with Crippen molar-refractivity contribution in [2.45, 2.75) is 51.0 Å². The third-order valence-electron chi connectivity index (χ3n) is 7.56. The number of anilines is 1. The number of fused-ring (bicyclic) bond motifs is 1. The zero-order valence-corrected chi connectivity index (χ0v) is 27.6. The summed E-state index contributed by atoms with van der Waals surface area (Å²) in [6.45, 7) is 4.01. The van der Waals surface area contributed by atoms with Crippen molar-refractivity contribution in [3.05, 3.63) is 40.4 Å². The number of nitrogens with one attached hydrogen (secondary N) is 2. The van der Waals surface area contributed by atoms with Crippen LogP contribution >= 0.6 is 11.3 Å². The molecule has 21 heteroatoms. The molecule has 0 saturated carbocycles. The van der Waals surface area contributed by atoms with Gasteiger partial charge in [-0.15, -0.1) is 11.3 Å². The number of carboxylic acid groups (broad SMARTS) is 1. The van der Waals surface area contributed by atoms with Gasteiger partial charge in [-0.25, -0.2) is 14.1 Å². The predicted octanol–water partition coefficient (Wildman–Crippen LogP) is -1.25. The summed E-state index contributed by atoms with van der Waals surface area (Å²) in [6.07, 6.45) is -0.219. The van der Waals surface area contributed by atoms with Gasteiger partial charge in [-0.1, -0.05) is 11.2 Å². The van der Waals surface area contributed by atoms with E-state index in [0.717, 1.165) is 35.3 Å². The van der Waals surface area contributed by atoms with Gasteiger partial charge in [0.15, 0.2) is 16.8 Å². The molecule has 3 atom stereocenters. The Morgan fingerprint density at radius 2 is 1.90 bits per heavy atom. The number of carboxylic acids is 1. The zero-order chi connectivity index (χ0) is 35.2. The van der Waals surface area contributed by atoms with E-state index in [0.29, 0.717) is 51.0 Å². The van der Waals surface area contributed by atoms with Gasteiger partial charge in [-0.05, 0) is 56.1 Å². The Bertz CT molecular complexity index is 1660. The van der Waals surface area contributed by atoms with Crippen molar-refractivity contribution in [2.24, 2.45) is 16.6 Å². The van der Waals surface area contributed by atoms with Crippen LogP contribution in [0.25, 0.3) is 0 Å². The maximum Gasteiger partial charge on any atom is 0.362 e. The smallest absolute Gasteiger partial charge is 0.362 e. The maximum atomic E-state index is 13.1. The highest BCUT2D eigenvalue weighted by Crippen LogP contribution is 2.28. The number of hydrogen-bond acceptors (Lipinski definition) is 14. The first kappa shape index (κ1) is 36.3. The average Bonchev–Trinajstić information content (AvgIpc) is 3.66. The van der Waals surface area contributed by atoms with Crippen molar-refractivity contribution >= 4 is 56.2 Å². The highest BCUT2D eigenvalue weighted by atomic mass is 32.2. The number of oxime groups is 1. The molecule has 0 aliphatic carbocycles. The molecule has 2 aliphatic heterocycles. The minimum atomic E-state index is -4.83. The van der Waals surface area contributed by atoms with Crippen molar-refractivity contribution in [1.29, 1.82) is 5.41 Å². The van der Waals surface area contributed by atoms with Crippen LogP contribution < -0.4 is 27.3 Å². The maximum absolute atomic E-state index is 13.1. The minimum absolute atomic E-state index is 0.0541. The van der Waals surface area contributed by atoms with Gasteiger partial charge >= 0.3 is 16.3 Å². The van der Waals surface area contributed by atoms with Gasteiger partial charge in [0.05, 0.1) is 6.04 Å². The number of thiazole rings is 1. The number of aromatic nitrogens is 1. The van der Waals surface area contributed by atoms with Crippen LogP contribution in [0.1, 0.15) is 36.6 Å². The largest absolute Gasteiger partial charge is 0.489 e. The summed E-state index contributed by atoms with van der Waals surface area (Å²) in [7, 11) is -4.83. The van der Waals surface area contributed by atoms with Crippen molar-refractivity contribution in [2.75, 3.05) is 38.5 Å². The van der Waals surface area contributed by atoms with E-state index in [4.69, 9.17) is 32.2 Å². The molecule has 1 aromatic carbocycles. The molecule has 1 fully saturated rings. The molecule has 10 N–H and O–H groups in total. The van der Waals surface area contributed by atoms with Crippen LogP contribution in [0.2, 0.25) is 0 Å². The van der Waals surface area contributed by atoms with Gasteiger partial charge in [0.2, 0.25) is 0 Å². The van der Waals surface area contributed by atoms with Crippen molar-refractivity contribution in [3.8, 4) is 5.75 Å². The molecule has 4 rings (SSSR count). The van der Waals surface area contributed by atoms with Crippen LogP contribution in [0.5, 0.6) is 5.75 Å². The first-order valence-electron chi connectivity index (χ1n) is 14.8. The topological polar surface area (TPSA) is 293 Å². The van der Waals surface area contributed by atoms with Crippen LogP contribution in [0.3, 0.4) is 0 Å². The van der Waals surface area contributed by atoms with Gasteiger partial charge in [0.25, 0.3) is 17.9 Å². The molecule has 0 radical (unpaired) electrons. The van der Waals surface area contributed by atoms with Crippen molar-refractivity contribution in [3.63, 3.8) is 0 Å².